The molecule has 10 heavy (non-hydrogen) atoms. The number of rotatable bonds is 3. The van der Waals surface area contributed by atoms with E-state index < -0.39 is 0 Å². The van der Waals surface area contributed by atoms with Crippen LogP contribution in [0.1, 0.15) is 20.8 Å². The van der Waals surface area contributed by atoms with Gasteiger partial charge in [0.2, 0.25) is 0 Å². The maximum absolute atomic E-state index is 5.43. The number of hydrogen-bond acceptors (Lipinski definition) is 2. The third-order valence-corrected chi connectivity index (χ3v) is 1.38. The molecule has 0 aliphatic heterocycles. The predicted octanol–water partition coefficient (Wildman–Crippen LogP) is 2.29. The van der Waals surface area contributed by atoms with Gasteiger partial charge in [-0.3, -0.25) is 0 Å². The van der Waals surface area contributed by atoms with Gasteiger partial charge in [-0.2, -0.15) is 12.6 Å². The first-order valence-corrected chi connectivity index (χ1v) is 4.00. The molecule has 0 amide bonds. The van der Waals surface area contributed by atoms with Crippen LogP contribution in [0.3, 0.4) is 0 Å². The molecule has 60 valence electrons. The maximum Gasteiger partial charge on any atom is 0.0689 e. The van der Waals surface area contributed by atoms with Crippen molar-refractivity contribution < 1.29 is 4.74 Å². The molecule has 0 aromatic carbocycles. The van der Waals surface area contributed by atoms with Crippen LogP contribution in [0.5, 0.6) is 0 Å². The fourth-order valence-corrected chi connectivity index (χ4v) is 0.455. The lowest BCUT2D eigenvalue weighted by Gasteiger charge is -2.19. The molecule has 1 nitrogen and oxygen atoms in total. The van der Waals surface area contributed by atoms with Gasteiger partial charge in [0.15, 0.2) is 0 Å². The molecule has 0 heterocycles. The fraction of sp³-hybridized carbons (Fsp3) is 0.750. The van der Waals surface area contributed by atoms with E-state index in [0.717, 1.165) is 5.57 Å². The quantitative estimate of drug-likeness (QED) is 0.492. The van der Waals surface area contributed by atoms with Gasteiger partial charge in [0, 0.05) is 5.75 Å². The first-order chi connectivity index (χ1) is 4.45. The van der Waals surface area contributed by atoms with Crippen LogP contribution in [0.25, 0.3) is 0 Å². The Balaban J connectivity index is 3.46. The summed E-state index contributed by atoms with van der Waals surface area (Å²) in [5, 5.41) is 0. The van der Waals surface area contributed by atoms with Gasteiger partial charge in [-0.15, -0.1) is 0 Å². The highest BCUT2D eigenvalue weighted by Crippen LogP contribution is 2.08. The topological polar surface area (TPSA) is 9.23 Å². The summed E-state index contributed by atoms with van der Waals surface area (Å²) in [4.78, 5) is 0. The maximum atomic E-state index is 5.43. The molecule has 0 aromatic rings. The van der Waals surface area contributed by atoms with Crippen molar-refractivity contribution >= 4 is 12.6 Å². The highest BCUT2D eigenvalue weighted by molar-refractivity contribution is 7.80. The normalized spacial score (nSPS) is 11.6. The van der Waals surface area contributed by atoms with Crippen molar-refractivity contribution in [1.29, 1.82) is 0 Å². The van der Waals surface area contributed by atoms with E-state index in [-0.39, 0.29) is 5.60 Å². The van der Waals surface area contributed by atoms with Crippen molar-refractivity contribution in [3.63, 3.8) is 0 Å². The summed E-state index contributed by atoms with van der Waals surface area (Å²) in [6, 6.07) is 0. The summed E-state index contributed by atoms with van der Waals surface area (Å²) < 4.78 is 5.43. The molecule has 0 spiro atoms. The van der Waals surface area contributed by atoms with Crippen molar-refractivity contribution in [2.75, 3.05) is 12.4 Å². The predicted molar refractivity (Wildman–Crippen MR) is 48.7 cm³/mol. The number of hydrogen-bond donors (Lipinski definition) is 1. The largest absolute Gasteiger partial charge is 0.372 e. The molecule has 0 aromatic heterocycles. The lowest BCUT2D eigenvalue weighted by molar-refractivity contribution is 0.0115. The fourth-order valence-electron chi connectivity index (χ4n) is 0.364. The van der Waals surface area contributed by atoms with Gasteiger partial charge in [0.05, 0.1) is 12.2 Å². The van der Waals surface area contributed by atoms with Gasteiger partial charge in [-0.1, -0.05) is 6.58 Å². The van der Waals surface area contributed by atoms with Crippen molar-refractivity contribution in [3.8, 4) is 0 Å². The monoisotopic (exact) mass is 160 g/mol. The number of ether oxygens (including phenoxy) is 1. The van der Waals surface area contributed by atoms with Crippen LogP contribution in [0, 0.1) is 0 Å². The summed E-state index contributed by atoms with van der Waals surface area (Å²) in [7, 11) is 0. The Labute approximate surface area is 68.9 Å². The summed E-state index contributed by atoms with van der Waals surface area (Å²) in [5.74, 6) is 0.704. The van der Waals surface area contributed by atoms with Crippen molar-refractivity contribution in [3.05, 3.63) is 12.2 Å². The van der Waals surface area contributed by atoms with E-state index in [4.69, 9.17) is 4.74 Å². The Bertz CT molecular complexity index is 113. The summed E-state index contributed by atoms with van der Waals surface area (Å²) in [5.41, 5.74) is 0.963. The van der Waals surface area contributed by atoms with Crippen LogP contribution >= 0.6 is 12.6 Å². The summed E-state index contributed by atoms with van der Waals surface area (Å²) >= 11 is 4.07. The van der Waals surface area contributed by atoms with Gasteiger partial charge in [0.25, 0.3) is 0 Å². The minimum absolute atomic E-state index is 0.0636. The minimum atomic E-state index is -0.0636. The molecular formula is C8H16OS. The van der Waals surface area contributed by atoms with Crippen molar-refractivity contribution in [2.45, 2.75) is 26.4 Å². The zero-order valence-electron chi connectivity index (χ0n) is 6.98. The van der Waals surface area contributed by atoms with Crippen LogP contribution in [-0.4, -0.2) is 18.0 Å². The standard InChI is InChI=1S/C8H16OS/c1-7(6-10)5-9-8(2,3)4/h10H,1,5-6H2,2-4H3. The van der Waals surface area contributed by atoms with E-state index in [1.54, 1.807) is 0 Å². The summed E-state index contributed by atoms with van der Waals surface area (Å²) in [6.45, 7) is 10.5. The molecule has 0 fully saturated rings. The van der Waals surface area contributed by atoms with E-state index in [1.165, 1.54) is 0 Å². The van der Waals surface area contributed by atoms with E-state index in [0.29, 0.717) is 12.4 Å². The molecule has 0 saturated carbocycles. The lowest BCUT2D eigenvalue weighted by atomic mass is 10.2. The molecular weight excluding hydrogens is 144 g/mol. The van der Waals surface area contributed by atoms with Gasteiger partial charge in [-0.25, -0.2) is 0 Å². The molecule has 2 heteroatoms. The Kier molecular flexibility index (Phi) is 4.06. The average molecular weight is 160 g/mol. The van der Waals surface area contributed by atoms with Crippen LogP contribution in [-0.2, 0) is 4.74 Å². The van der Waals surface area contributed by atoms with Gasteiger partial charge in [0.1, 0.15) is 0 Å². The second-order valence-electron chi connectivity index (χ2n) is 3.31. The second-order valence-corrected chi connectivity index (χ2v) is 3.63. The average Bonchev–Trinajstić information content (AvgIpc) is 1.81. The lowest BCUT2D eigenvalue weighted by Crippen LogP contribution is -2.20. The van der Waals surface area contributed by atoms with Crippen LogP contribution in [0.2, 0.25) is 0 Å². The highest BCUT2D eigenvalue weighted by atomic mass is 32.1. The third kappa shape index (κ3) is 6.17. The van der Waals surface area contributed by atoms with Gasteiger partial charge < -0.3 is 4.74 Å². The van der Waals surface area contributed by atoms with Crippen molar-refractivity contribution in [1.82, 2.24) is 0 Å². The zero-order chi connectivity index (χ0) is 8.20. The Morgan fingerprint density at radius 2 is 2.00 bits per heavy atom. The molecule has 0 saturated heterocycles. The van der Waals surface area contributed by atoms with Crippen LogP contribution in [0.4, 0.5) is 0 Å². The molecule has 0 bridgehead atoms. The summed E-state index contributed by atoms with van der Waals surface area (Å²) in [6.07, 6.45) is 0. The first-order valence-electron chi connectivity index (χ1n) is 3.37. The number of thiol groups is 1. The molecule has 0 N–H and O–H groups in total. The molecule has 0 aliphatic rings. The van der Waals surface area contributed by atoms with Crippen LogP contribution in [0.15, 0.2) is 12.2 Å². The molecule has 0 unspecified atom stereocenters. The Morgan fingerprint density at radius 3 is 2.30 bits per heavy atom. The van der Waals surface area contributed by atoms with E-state index in [9.17, 15) is 0 Å². The molecule has 0 rings (SSSR count). The smallest absolute Gasteiger partial charge is 0.0689 e. The molecule has 0 radical (unpaired) electrons. The third-order valence-electron chi connectivity index (χ3n) is 0.933. The Morgan fingerprint density at radius 1 is 1.50 bits per heavy atom. The second kappa shape index (κ2) is 4.04. The van der Waals surface area contributed by atoms with Gasteiger partial charge >= 0.3 is 0 Å². The molecule has 0 aliphatic carbocycles. The van der Waals surface area contributed by atoms with Crippen molar-refractivity contribution in [2.24, 2.45) is 0 Å². The molecule has 0 atom stereocenters. The van der Waals surface area contributed by atoms with Gasteiger partial charge in [-0.05, 0) is 26.3 Å². The van der Waals surface area contributed by atoms with E-state index in [2.05, 4.69) is 19.2 Å². The van der Waals surface area contributed by atoms with E-state index >= 15 is 0 Å². The first kappa shape index (κ1) is 10.0. The SMILES string of the molecule is C=C(CS)COC(C)(C)C. The highest BCUT2D eigenvalue weighted by Gasteiger charge is 2.09. The van der Waals surface area contributed by atoms with Crippen LogP contribution < -0.4 is 0 Å². The van der Waals surface area contributed by atoms with E-state index in [1.807, 2.05) is 20.8 Å². The minimum Gasteiger partial charge on any atom is -0.372 e. The Hall–Kier alpha value is 0.0500. The zero-order valence-corrected chi connectivity index (χ0v) is 7.87.